The van der Waals surface area contributed by atoms with Gasteiger partial charge in [-0.15, -0.1) is 0 Å². The van der Waals surface area contributed by atoms with Crippen molar-refractivity contribution in [1.29, 1.82) is 0 Å². The van der Waals surface area contributed by atoms with E-state index in [1.807, 2.05) is 6.92 Å². The van der Waals surface area contributed by atoms with Crippen LogP contribution in [0.5, 0.6) is 0 Å². The third-order valence-corrected chi connectivity index (χ3v) is 4.46. The van der Waals surface area contributed by atoms with Crippen molar-refractivity contribution in [1.82, 2.24) is 24.6 Å². The van der Waals surface area contributed by atoms with Crippen LogP contribution in [0.3, 0.4) is 0 Å². The van der Waals surface area contributed by atoms with Crippen molar-refractivity contribution in [2.45, 2.75) is 25.8 Å². The topological polar surface area (TPSA) is 68.0 Å². The highest BCUT2D eigenvalue weighted by Crippen LogP contribution is 2.28. The van der Waals surface area contributed by atoms with Gasteiger partial charge in [-0.3, -0.25) is 0 Å². The number of nitrogens with zero attached hydrogens (tertiary/aromatic N) is 5. The molecular formula is C20H20F2N6. The Morgan fingerprint density at radius 1 is 1.18 bits per heavy atom. The highest BCUT2D eigenvalue weighted by molar-refractivity contribution is 5.75. The third kappa shape index (κ3) is 3.53. The molecule has 3 heterocycles. The number of aromatic nitrogens is 5. The molecule has 0 saturated heterocycles. The van der Waals surface area contributed by atoms with Crippen molar-refractivity contribution in [3.05, 3.63) is 72.4 Å². The fraction of sp³-hybridized carbons (Fsp3) is 0.200. The summed E-state index contributed by atoms with van der Waals surface area (Å²) in [7, 11) is 0. The van der Waals surface area contributed by atoms with E-state index in [2.05, 4.69) is 25.4 Å². The maximum absolute atomic E-state index is 14.3. The number of nitrogens with one attached hydrogen (secondary N) is 1. The second-order valence-corrected chi connectivity index (χ2v) is 6.39. The first kappa shape index (κ1) is 18.0. The molecule has 0 fully saturated rings. The second-order valence-electron chi connectivity index (χ2n) is 6.39. The molecule has 28 heavy (non-hydrogen) atoms. The third-order valence-electron chi connectivity index (χ3n) is 4.46. The maximum atomic E-state index is 14.3. The molecule has 0 bridgehead atoms. The standard InChI is InChI=1S/C20H18F2N6.H2/c1-2-4-17(14-6-5-13(21)9-16(14)22)27-19-10-18(24-12-25-19)15-11-26-28-8-3-7-23-20(15)28;/h3,5-12,17H,2,4H2,1H3,(H,24,25,27);1H/t17-;/m0./s1. The first-order chi connectivity index (χ1) is 13.7. The SMILES string of the molecule is CCC[C@H](Nc1cc(-c2cnn3cccnc23)ncn1)c1ccc(F)cc1F.[HH]. The van der Waals surface area contributed by atoms with Crippen LogP contribution in [0.1, 0.15) is 32.8 Å². The van der Waals surface area contributed by atoms with Crippen LogP contribution in [0.15, 0.2) is 55.2 Å². The first-order valence-electron chi connectivity index (χ1n) is 8.98. The zero-order chi connectivity index (χ0) is 19.5. The molecule has 0 aliphatic heterocycles. The Kier molecular flexibility index (Phi) is 4.92. The molecule has 0 aliphatic carbocycles. The zero-order valence-corrected chi connectivity index (χ0v) is 15.2. The van der Waals surface area contributed by atoms with Gasteiger partial charge in [-0.25, -0.2) is 28.2 Å². The van der Waals surface area contributed by atoms with Gasteiger partial charge >= 0.3 is 0 Å². The average Bonchev–Trinajstić information content (AvgIpc) is 3.12. The summed E-state index contributed by atoms with van der Waals surface area (Å²) in [6.45, 7) is 2.01. The van der Waals surface area contributed by atoms with E-state index in [-0.39, 0.29) is 7.47 Å². The molecule has 0 amide bonds. The Balaban J connectivity index is 0.00000240. The van der Waals surface area contributed by atoms with Crippen LogP contribution in [0.25, 0.3) is 16.9 Å². The smallest absolute Gasteiger partial charge is 0.164 e. The van der Waals surface area contributed by atoms with E-state index < -0.39 is 11.6 Å². The fourth-order valence-electron chi connectivity index (χ4n) is 3.15. The van der Waals surface area contributed by atoms with E-state index in [1.165, 1.54) is 18.5 Å². The number of hydrogen-bond donors (Lipinski definition) is 1. The Bertz CT molecular complexity index is 1120. The lowest BCUT2D eigenvalue weighted by molar-refractivity contribution is 0.551. The number of benzene rings is 1. The quantitative estimate of drug-likeness (QED) is 0.525. The molecule has 4 aromatic rings. The summed E-state index contributed by atoms with van der Waals surface area (Å²) < 4.78 is 29.2. The van der Waals surface area contributed by atoms with Crippen molar-refractivity contribution >= 4 is 11.5 Å². The number of anilines is 1. The lowest BCUT2D eigenvalue weighted by Crippen LogP contribution is -2.13. The predicted molar refractivity (Wildman–Crippen MR) is 104 cm³/mol. The van der Waals surface area contributed by atoms with Gasteiger partial charge in [0, 0.05) is 31.5 Å². The normalized spacial score (nSPS) is 12.2. The van der Waals surface area contributed by atoms with Gasteiger partial charge in [0.15, 0.2) is 5.65 Å². The van der Waals surface area contributed by atoms with Gasteiger partial charge < -0.3 is 5.32 Å². The van der Waals surface area contributed by atoms with E-state index in [0.717, 1.165) is 18.1 Å². The van der Waals surface area contributed by atoms with E-state index in [1.54, 1.807) is 35.2 Å². The molecule has 1 aromatic carbocycles. The number of rotatable bonds is 6. The summed E-state index contributed by atoms with van der Waals surface area (Å²) in [5, 5.41) is 7.52. The van der Waals surface area contributed by atoms with Gasteiger partial charge in [-0.05, 0) is 18.6 Å². The molecule has 0 saturated carbocycles. The van der Waals surface area contributed by atoms with E-state index in [4.69, 9.17) is 0 Å². The minimum Gasteiger partial charge on any atom is -0.363 e. The van der Waals surface area contributed by atoms with Crippen molar-refractivity contribution in [3.63, 3.8) is 0 Å². The number of halogens is 2. The molecule has 4 rings (SSSR count). The molecule has 3 aromatic heterocycles. The Morgan fingerprint density at radius 2 is 2.07 bits per heavy atom. The average molecular weight is 382 g/mol. The summed E-state index contributed by atoms with van der Waals surface area (Å²) in [5.74, 6) is -0.629. The summed E-state index contributed by atoms with van der Waals surface area (Å²) in [6, 6.07) is 6.86. The van der Waals surface area contributed by atoms with E-state index in [9.17, 15) is 8.78 Å². The van der Waals surface area contributed by atoms with Gasteiger partial charge in [0.2, 0.25) is 0 Å². The van der Waals surface area contributed by atoms with Gasteiger partial charge in [0.25, 0.3) is 0 Å². The molecule has 1 atom stereocenters. The second kappa shape index (κ2) is 7.67. The molecule has 6 nitrogen and oxygen atoms in total. The Morgan fingerprint density at radius 3 is 2.89 bits per heavy atom. The summed E-state index contributed by atoms with van der Waals surface area (Å²) in [5.41, 5.74) is 2.51. The van der Waals surface area contributed by atoms with E-state index in [0.29, 0.717) is 29.1 Å². The minimum absolute atomic E-state index is 0. The van der Waals surface area contributed by atoms with Crippen molar-refractivity contribution in [2.24, 2.45) is 0 Å². The van der Waals surface area contributed by atoms with Gasteiger partial charge in [-0.2, -0.15) is 5.10 Å². The molecule has 0 aliphatic rings. The van der Waals surface area contributed by atoms with Crippen LogP contribution < -0.4 is 5.32 Å². The summed E-state index contributed by atoms with van der Waals surface area (Å²) >= 11 is 0. The number of hydrogen-bond acceptors (Lipinski definition) is 5. The van der Waals surface area contributed by atoms with Crippen LogP contribution in [0.2, 0.25) is 0 Å². The molecule has 1 N–H and O–H groups in total. The minimum atomic E-state index is -0.596. The Labute approximate surface area is 161 Å². The number of fused-ring (bicyclic) bond motifs is 1. The first-order valence-corrected chi connectivity index (χ1v) is 8.98. The molecule has 0 radical (unpaired) electrons. The fourth-order valence-corrected chi connectivity index (χ4v) is 3.15. The Hall–Kier alpha value is -3.42. The molecule has 144 valence electrons. The zero-order valence-electron chi connectivity index (χ0n) is 15.2. The van der Waals surface area contributed by atoms with Crippen molar-refractivity contribution in [2.75, 3.05) is 5.32 Å². The van der Waals surface area contributed by atoms with Crippen LogP contribution in [-0.2, 0) is 0 Å². The van der Waals surface area contributed by atoms with Crippen LogP contribution >= 0.6 is 0 Å². The molecule has 0 spiro atoms. The van der Waals surface area contributed by atoms with Crippen LogP contribution in [0.4, 0.5) is 14.6 Å². The monoisotopic (exact) mass is 382 g/mol. The highest BCUT2D eigenvalue weighted by atomic mass is 19.1. The highest BCUT2D eigenvalue weighted by Gasteiger charge is 2.17. The van der Waals surface area contributed by atoms with Crippen molar-refractivity contribution < 1.29 is 10.2 Å². The van der Waals surface area contributed by atoms with Gasteiger partial charge in [0.1, 0.15) is 23.8 Å². The predicted octanol–water partition coefficient (Wildman–Crippen LogP) is 4.66. The van der Waals surface area contributed by atoms with Gasteiger partial charge in [-0.1, -0.05) is 19.4 Å². The van der Waals surface area contributed by atoms with Crippen LogP contribution in [0, 0.1) is 11.6 Å². The van der Waals surface area contributed by atoms with Gasteiger partial charge in [0.05, 0.1) is 23.5 Å². The van der Waals surface area contributed by atoms with Crippen molar-refractivity contribution in [3.8, 4) is 11.3 Å². The maximum Gasteiger partial charge on any atom is 0.164 e. The van der Waals surface area contributed by atoms with E-state index >= 15 is 0 Å². The van der Waals surface area contributed by atoms with Crippen LogP contribution in [-0.4, -0.2) is 24.6 Å². The largest absolute Gasteiger partial charge is 0.363 e. The lowest BCUT2D eigenvalue weighted by Gasteiger charge is -2.20. The molecular weight excluding hydrogens is 362 g/mol. The summed E-state index contributed by atoms with van der Waals surface area (Å²) in [6.07, 6.45) is 8.12. The molecule has 0 unspecified atom stereocenters. The summed E-state index contributed by atoms with van der Waals surface area (Å²) in [4.78, 5) is 12.9. The molecule has 8 heteroatoms. The lowest BCUT2D eigenvalue weighted by atomic mass is 10.0.